The minimum absolute atomic E-state index is 0.364. The van der Waals surface area contributed by atoms with Crippen LogP contribution in [-0.4, -0.2) is 43.0 Å². The standard InChI is InChI=1S/C41H33ClN6O2S2/c42-31-19-35(47-40-36(31)29(23-51-40)25-11-3-1-4-12-25)38(32-16-8-10-18-44-32)48-39(50)28(22-49)33-20-34(45-21-27-15-7-9-17-43-27)37-30(24-52-41(37)46-33)26-13-5-2-6-14-26/h1-20,23-24,28,38-39,48-50H,21-22H2,(H,45,46). The Bertz CT molecular complexity index is 2430. The number of rotatable bonds is 12. The lowest BCUT2D eigenvalue weighted by atomic mass is 9.98. The van der Waals surface area contributed by atoms with E-state index in [2.05, 4.69) is 55.6 Å². The Morgan fingerprint density at radius 3 is 1.92 bits per heavy atom. The molecule has 0 radical (unpaired) electrons. The normalized spacial score (nSPS) is 13.3. The lowest BCUT2D eigenvalue weighted by Gasteiger charge is -2.27. The Morgan fingerprint density at radius 1 is 0.673 bits per heavy atom. The van der Waals surface area contributed by atoms with E-state index in [1.165, 1.54) is 22.7 Å². The third-order valence-electron chi connectivity index (χ3n) is 9.01. The first kappa shape index (κ1) is 34.0. The van der Waals surface area contributed by atoms with Crippen molar-refractivity contribution in [1.82, 2.24) is 25.3 Å². The first-order valence-corrected chi connectivity index (χ1v) is 18.9. The molecule has 0 aliphatic heterocycles. The van der Waals surface area contributed by atoms with Crippen molar-refractivity contribution in [2.75, 3.05) is 11.9 Å². The van der Waals surface area contributed by atoms with Gasteiger partial charge in [-0.15, -0.1) is 22.7 Å². The number of halogens is 1. The van der Waals surface area contributed by atoms with Crippen LogP contribution in [0.4, 0.5) is 5.69 Å². The van der Waals surface area contributed by atoms with E-state index < -0.39 is 18.2 Å². The number of anilines is 1. The SMILES string of the molecule is OCC(c1cc(NCc2ccccn2)c2c(-c3ccccc3)csc2n1)C(O)NC(c1ccccn1)c1cc(Cl)c2c(-c3ccccc3)csc2n1. The summed E-state index contributed by atoms with van der Waals surface area (Å²) in [5.41, 5.74) is 7.71. The minimum Gasteiger partial charge on any atom is -0.396 e. The molecule has 0 aliphatic carbocycles. The average Bonchev–Trinajstić information content (AvgIpc) is 3.83. The Morgan fingerprint density at radius 2 is 1.29 bits per heavy atom. The van der Waals surface area contributed by atoms with Crippen molar-refractivity contribution in [2.24, 2.45) is 0 Å². The number of nitrogens with zero attached hydrogens (tertiary/aromatic N) is 4. The summed E-state index contributed by atoms with van der Waals surface area (Å²) in [5.74, 6) is -0.793. The Balaban J connectivity index is 1.16. The van der Waals surface area contributed by atoms with Crippen molar-refractivity contribution < 1.29 is 10.2 Å². The molecule has 8 nitrogen and oxygen atoms in total. The number of hydrogen-bond donors (Lipinski definition) is 4. The summed E-state index contributed by atoms with van der Waals surface area (Å²) in [4.78, 5) is 20.7. The van der Waals surface area contributed by atoms with Gasteiger partial charge in [-0.25, -0.2) is 9.97 Å². The fraction of sp³-hybridized carbons (Fsp3) is 0.122. The summed E-state index contributed by atoms with van der Waals surface area (Å²) >= 11 is 10.0. The quantitative estimate of drug-likeness (QED) is 0.0918. The fourth-order valence-electron chi connectivity index (χ4n) is 6.41. The van der Waals surface area contributed by atoms with E-state index in [0.717, 1.165) is 54.1 Å². The van der Waals surface area contributed by atoms with Crippen LogP contribution in [0.25, 0.3) is 42.7 Å². The number of fused-ring (bicyclic) bond motifs is 2. The molecule has 6 aromatic heterocycles. The molecular formula is C41H33ClN6O2S2. The average molecular weight is 741 g/mol. The monoisotopic (exact) mass is 740 g/mol. The predicted octanol–water partition coefficient (Wildman–Crippen LogP) is 9.07. The second-order valence-electron chi connectivity index (χ2n) is 12.3. The van der Waals surface area contributed by atoms with Crippen LogP contribution < -0.4 is 10.6 Å². The van der Waals surface area contributed by atoms with Gasteiger partial charge in [0.2, 0.25) is 0 Å². The van der Waals surface area contributed by atoms with Crippen LogP contribution in [0, 0.1) is 0 Å². The van der Waals surface area contributed by atoms with E-state index in [1.807, 2.05) is 84.9 Å². The largest absolute Gasteiger partial charge is 0.396 e. The first-order valence-electron chi connectivity index (χ1n) is 16.8. The van der Waals surface area contributed by atoms with Crippen molar-refractivity contribution >= 4 is 60.4 Å². The van der Waals surface area contributed by atoms with Gasteiger partial charge in [0.05, 0.1) is 52.9 Å². The summed E-state index contributed by atoms with van der Waals surface area (Å²) < 4.78 is 0. The predicted molar refractivity (Wildman–Crippen MR) is 212 cm³/mol. The van der Waals surface area contributed by atoms with Crippen molar-refractivity contribution in [1.29, 1.82) is 0 Å². The van der Waals surface area contributed by atoms with Gasteiger partial charge in [0.25, 0.3) is 0 Å². The van der Waals surface area contributed by atoms with Gasteiger partial charge in [-0.05, 0) is 47.5 Å². The van der Waals surface area contributed by atoms with Crippen LogP contribution in [0.15, 0.2) is 132 Å². The number of aliphatic hydroxyl groups is 2. The van der Waals surface area contributed by atoms with Gasteiger partial charge in [0.1, 0.15) is 15.9 Å². The van der Waals surface area contributed by atoms with Crippen LogP contribution in [0.5, 0.6) is 0 Å². The van der Waals surface area contributed by atoms with Gasteiger partial charge in [-0.2, -0.15) is 0 Å². The number of benzene rings is 2. The molecule has 4 N–H and O–H groups in total. The third kappa shape index (κ3) is 6.92. The summed E-state index contributed by atoms with van der Waals surface area (Å²) in [5, 5.41) is 36.2. The molecule has 0 bridgehead atoms. The van der Waals surface area contributed by atoms with Crippen LogP contribution in [-0.2, 0) is 6.54 Å². The van der Waals surface area contributed by atoms with Crippen LogP contribution in [0.2, 0.25) is 5.02 Å². The molecule has 3 atom stereocenters. The highest BCUT2D eigenvalue weighted by Crippen LogP contribution is 2.41. The minimum atomic E-state index is -1.24. The van der Waals surface area contributed by atoms with E-state index in [-0.39, 0.29) is 6.61 Å². The maximum Gasteiger partial charge on any atom is 0.126 e. The summed E-state index contributed by atoms with van der Waals surface area (Å²) in [6.07, 6.45) is 2.24. The molecule has 0 saturated heterocycles. The number of aromatic nitrogens is 4. The molecule has 0 amide bonds. The molecule has 0 fully saturated rings. The molecule has 2 aromatic carbocycles. The topological polar surface area (TPSA) is 116 Å². The fourth-order valence-corrected chi connectivity index (χ4v) is 8.73. The van der Waals surface area contributed by atoms with Crippen molar-refractivity contribution in [3.63, 3.8) is 0 Å². The van der Waals surface area contributed by atoms with E-state index in [4.69, 9.17) is 21.6 Å². The maximum absolute atomic E-state index is 11.9. The zero-order chi connectivity index (χ0) is 35.4. The Hall–Kier alpha value is -5.07. The van der Waals surface area contributed by atoms with E-state index in [9.17, 15) is 10.2 Å². The van der Waals surface area contributed by atoms with Crippen LogP contribution in [0.1, 0.15) is 34.7 Å². The molecule has 258 valence electrons. The highest BCUT2D eigenvalue weighted by molar-refractivity contribution is 7.17. The van der Waals surface area contributed by atoms with Crippen molar-refractivity contribution in [3.8, 4) is 22.3 Å². The smallest absolute Gasteiger partial charge is 0.126 e. The van der Waals surface area contributed by atoms with Gasteiger partial charge < -0.3 is 15.5 Å². The van der Waals surface area contributed by atoms with E-state index in [1.54, 1.807) is 12.4 Å². The molecule has 0 saturated carbocycles. The highest BCUT2D eigenvalue weighted by Gasteiger charge is 2.30. The highest BCUT2D eigenvalue weighted by atomic mass is 35.5. The Kier molecular flexibility index (Phi) is 9.99. The summed E-state index contributed by atoms with van der Waals surface area (Å²) in [6.45, 7) is 0.121. The molecular weight excluding hydrogens is 708 g/mol. The molecule has 11 heteroatoms. The number of aliphatic hydroxyl groups excluding tert-OH is 2. The summed E-state index contributed by atoms with van der Waals surface area (Å²) in [6, 6.07) is 34.8. The van der Waals surface area contributed by atoms with Crippen LogP contribution >= 0.6 is 34.3 Å². The molecule has 0 spiro atoms. The van der Waals surface area contributed by atoms with Gasteiger partial charge in [0, 0.05) is 50.7 Å². The number of hydrogen-bond acceptors (Lipinski definition) is 10. The molecule has 3 unspecified atom stereocenters. The van der Waals surface area contributed by atoms with Crippen molar-refractivity contribution in [2.45, 2.75) is 24.7 Å². The Labute approximate surface area is 313 Å². The molecule has 6 heterocycles. The van der Waals surface area contributed by atoms with Gasteiger partial charge in [-0.3, -0.25) is 15.3 Å². The maximum atomic E-state index is 11.9. The third-order valence-corrected chi connectivity index (χ3v) is 11.1. The van der Waals surface area contributed by atoms with Gasteiger partial charge >= 0.3 is 0 Å². The van der Waals surface area contributed by atoms with Crippen LogP contribution in [0.3, 0.4) is 0 Å². The van der Waals surface area contributed by atoms with E-state index >= 15 is 0 Å². The number of nitrogens with one attached hydrogen (secondary N) is 2. The second-order valence-corrected chi connectivity index (χ2v) is 14.4. The lowest BCUT2D eigenvalue weighted by Crippen LogP contribution is -2.40. The number of pyridine rings is 4. The molecule has 8 aromatic rings. The van der Waals surface area contributed by atoms with Gasteiger partial charge in [-0.1, -0.05) is 84.4 Å². The van der Waals surface area contributed by atoms with E-state index in [0.29, 0.717) is 28.6 Å². The molecule has 8 rings (SSSR count). The molecule has 52 heavy (non-hydrogen) atoms. The molecule has 0 aliphatic rings. The zero-order valence-electron chi connectivity index (χ0n) is 27.7. The summed E-state index contributed by atoms with van der Waals surface area (Å²) in [7, 11) is 0. The zero-order valence-corrected chi connectivity index (χ0v) is 30.1. The number of thiophene rings is 2. The second kappa shape index (κ2) is 15.3. The first-order chi connectivity index (χ1) is 25.6. The lowest BCUT2D eigenvalue weighted by molar-refractivity contribution is 0.0690. The van der Waals surface area contributed by atoms with Crippen molar-refractivity contribution in [3.05, 3.63) is 160 Å². The van der Waals surface area contributed by atoms with Gasteiger partial charge in [0.15, 0.2) is 0 Å².